The van der Waals surface area contributed by atoms with Crippen LogP contribution in [-0.2, 0) is 0 Å². The minimum Gasteiger partial charge on any atom is -0.269 e. The highest BCUT2D eigenvalue weighted by Crippen LogP contribution is 2.22. The van der Waals surface area contributed by atoms with E-state index in [1.807, 2.05) is 24.4 Å². The van der Waals surface area contributed by atoms with Crippen molar-refractivity contribution in [1.29, 1.82) is 0 Å². The quantitative estimate of drug-likeness (QED) is 0.657. The Bertz CT molecular complexity index is 730. The molecule has 0 fully saturated rings. The van der Waals surface area contributed by atoms with Gasteiger partial charge in [0.1, 0.15) is 0 Å². The van der Waals surface area contributed by atoms with Crippen molar-refractivity contribution < 1.29 is 0 Å². The van der Waals surface area contributed by atoms with E-state index in [9.17, 15) is 4.79 Å². The minimum atomic E-state index is -0.0485. The molecule has 0 bridgehead atoms. The second kappa shape index (κ2) is 3.78. The molecule has 0 saturated heterocycles. The molecule has 0 aliphatic heterocycles. The lowest BCUT2D eigenvalue weighted by molar-refractivity contribution is 1.05. The fourth-order valence-electron chi connectivity index (χ4n) is 1.74. The van der Waals surface area contributed by atoms with Gasteiger partial charge in [0.15, 0.2) is 4.96 Å². The first-order valence-corrected chi connectivity index (χ1v) is 6.02. The summed E-state index contributed by atoms with van der Waals surface area (Å²) in [5.74, 6) is 0. The first kappa shape index (κ1) is 10.2. The predicted molar refractivity (Wildman–Crippen MR) is 67.3 cm³/mol. The molecule has 0 saturated carbocycles. The number of thiazole rings is 1. The maximum absolute atomic E-state index is 12.0. The van der Waals surface area contributed by atoms with Crippen LogP contribution >= 0.6 is 11.3 Å². The lowest BCUT2D eigenvalue weighted by Gasteiger charge is -2.00. The third-order valence-corrected chi connectivity index (χ3v) is 3.32. The molecule has 0 spiro atoms. The van der Waals surface area contributed by atoms with Crippen LogP contribution in [0.25, 0.3) is 16.2 Å². The van der Waals surface area contributed by atoms with Crippen LogP contribution in [0.2, 0.25) is 0 Å². The van der Waals surface area contributed by atoms with Gasteiger partial charge in [0, 0.05) is 35.1 Å². The summed E-state index contributed by atoms with van der Waals surface area (Å²) in [7, 11) is 0. The molecule has 5 heteroatoms. The molecule has 84 valence electrons. The van der Waals surface area contributed by atoms with Gasteiger partial charge >= 0.3 is 0 Å². The van der Waals surface area contributed by atoms with E-state index < -0.39 is 0 Å². The lowest BCUT2D eigenvalue weighted by Crippen LogP contribution is -2.13. The van der Waals surface area contributed by atoms with Crippen LogP contribution in [0.15, 0.2) is 40.8 Å². The molecule has 3 aromatic heterocycles. The molecule has 3 aromatic rings. The van der Waals surface area contributed by atoms with E-state index in [0.717, 1.165) is 17.0 Å². The molecule has 0 aromatic carbocycles. The van der Waals surface area contributed by atoms with Gasteiger partial charge in [-0.15, -0.1) is 11.3 Å². The minimum absolute atomic E-state index is 0.0485. The number of aryl methyl sites for hydroxylation is 1. The number of fused-ring (bicyclic) bond motifs is 1. The SMILES string of the molecule is Cc1cc(=O)n2c(-c3cccnc3)csc2n1. The fourth-order valence-corrected chi connectivity index (χ4v) is 2.69. The normalized spacial score (nSPS) is 10.9. The van der Waals surface area contributed by atoms with Crippen molar-refractivity contribution in [2.75, 3.05) is 0 Å². The number of aromatic nitrogens is 3. The largest absolute Gasteiger partial charge is 0.269 e. The molecule has 0 atom stereocenters. The van der Waals surface area contributed by atoms with Crippen molar-refractivity contribution in [2.24, 2.45) is 0 Å². The molecule has 0 unspecified atom stereocenters. The number of rotatable bonds is 1. The van der Waals surface area contributed by atoms with Crippen LogP contribution in [-0.4, -0.2) is 14.4 Å². The van der Waals surface area contributed by atoms with Crippen molar-refractivity contribution in [3.63, 3.8) is 0 Å². The Labute approximate surface area is 101 Å². The maximum Gasteiger partial charge on any atom is 0.259 e. The Morgan fingerprint density at radius 1 is 1.41 bits per heavy atom. The Morgan fingerprint density at radius 2 is 2.29 bits per heavy atom. The smallest absolute Gasteiger partial charge is 0.259 e. The van der Waals surface area contributed by atoms with Gasteiger partial charge in [-0.3, -0.25) is 14.2 Å². The number of nitrogens with zero attached hydrogens (tertiary/aromatic N) is 3. The topological polar surface area (TPSA) is 47.3 Å². The predicted octanol–water partition coefficient (Wildman–Crippen LogP) is 2.13. The molecular weight excluding hydrogens is 234 g/mol. The number of hydrogen-bond donors (Lipinski definition) is 0. The van der Waals surface area contributed by atoms with E-state index in [1.165, 1.54) is 11.3 Å². The average molecular weight is 243 g/mol. The standard InChI is InChI=1S/C12H9N3OS/c1-8-5-11(16)15-10(7-17-12(15)14-8)9-3-2-4-13-6-9/h2-7H,1H3. The van der Waals surface area contributed by atoms with Gasteiger partial charge in [0.25, 0.3) is 5.56 Å². The van der Waals surface area contributed by atoms with E-state index in [2.05, 4.69) is 9.97 Å². The third-order valence-electron chi connectivity index (χ3n) is 2.49. The highest BCUT2D eigenvalue weighted by Gasteiger charge is 2.09. The summed E-state index contributed by atoms with van der Waals surface area (Å²) in [5, 5.41) is 1.93. The summed E-state index contributed by atoms with van der Waals surface area (Å²) in [5.41, 5.74) is 2.46. The summed E-state index contributed by atoms with van der Waals surface area (Å²) in [6, 6.07) is 5.33. The monoisotopic (exact) mass is 243 g/mol. The van der Waals surface area contributed by atoms with Crippen LogP contribution in [0.1, 0.15) is 5.69 Å². The van der Waals surface area contributed by atoms with Gasteiger partial charge in [0.05, 0.1) is 5.69 Å². The Balaban J connectivity index is 2.37. The Kier molecular flexibility index (Phi) is 2.26. The molecule has 0 aliphatic rings. The molecule has 17 heavy (non-hydrogen) atoms. The van der Waals surface area contributed by atoms with Crippen LogP contribution in [0, 0.1) is 6.92 Å². The summed E-state index contributed by atoms with van der Waals surface area (Å²) < 4.78 is 1.62. The Hall–Kier alpha value is -2.01. The zero-order chi connectivity index (χ0) is 11.8. The fraction of sp³-hybridized carbons (Fsp3) is 0.0833. The van der Waals surface area contributed by atoms with Crippen molar-refractivity contribution in [1.82, 2.24) is 14.4 Å². The Morgan fingerprint density at radius 3 is 3.06 bits per heavy atom. The first-order chi connectivity index (χ1) is 8.25. The molecular formula is C12H9N3OS. The van der Waals surface area contributed by atoms with E-state index in [0.29, 0.717) is 4.96 Å². The second-order valence-electron chi connectivity index (χ2n) is 3.72. The summed E-state index contributed by atoms with van der Waals surface area (Å²) in [4.78, 5) is 21.1. The molecule has 0 N–H and O–H groups in total. The van der Waals surface area contributed by atoms with Gasteiger partial charge in [-0.1, -0.05) is 0 Å². The van der Waals surface area contributed by atoms with E-state index >= 15 is 0 Å². The number of pyridine rings is 1. The molecule has 0 radical (unpaired) electrons. The molecule has 3 rings (SSSR count). The maximum atomic E-state index is 12.0. The second-order valence-corrected chi connectivity index (χ2v) is 4.55. The third kappa shape index (κ3) is 1.64. The average Bonchev–Trinajstić information content (AvgIpc) is 2.74. The van der Waals surface area contributed by atoms with Crippen molar-refractivity contribution in [3.05, 3.63) is 52.0 Å². The zero-order valence-corrected chi connectivity index (χ0v) is 9.94. The zero-order valence-electron chi connectivity index (χ0n) is 9.12. The van der Waals surface area contributed by atoms with E-state index in [4.69, 9.17) is 0 Å². The van der Waals surface area contributed by atoms with Crippen molar-refractivity contribution >= 4 is 16.3 Å². The van der Waals surface area contributed by atoms with Crippen LogP contribution in [0.4, 0.5) is 0 Å². The molecule has 3 heterocycles. The van der Waals surface area contributed by atoms with Crippen LogP contribution in [0.5, 0.6) is 0 Å². The highest BCUT2D eigenvalue weighted by atomic mass is 32.1. The van der Waals surface area contributed by atoms with Crippen LogP contribution in [0.3, 0.4) is 0 Å². The molecule has 0 amide bonds. The molecule has 4 nitrogen and oxygen atoms in total. The summed E-state index contributed by atoms with van der Waals surface area (Å²) in [6.07, 6.45) is 3.46. The van der Waals surface area contributed by atoms with Crippen molar-refractivity contribution in [2.45, 2.75) is 6.92 Å². The first-order valence-electron chi connectivity index (χ1n) is 5.14. The van der Waals surface area contributed by atoms with Gasteiger partial charge < -0.3 is 0 Å². The van der Waals surface area contributed by atoms with Crippen molar-refractivity contribution in [3.8, 4) is 11.3 Å². The summed E-state index contributed by atoms with van der Waals surface area (Å²) in [6.45, 7) is 1.82. The summed E-state index contributed by atoms with van der Waals surface area (Å²) >= 11 is 1.46. The van der Waals surface area contributed by atoms with Gasteiger partial charge in [-0.05, 0) is 19.1 Å². The highest BCUT2D eigenvalue weighted by molar-refractivity contribution is 7.15. The number of hydrogen-bond acceptors (Lipinski definition) is 4. The van der Waals surface area contributed by atoms with Crippen LogP contribution < -0.4 is 5.56 Å². The van der Waals surface area contributed by atoms with Gasteiger partial charge in [0.2, 0.25) is 0 Å². The van der Waals surface area contributed by atoms with Gasteiger partial charge in [-0.2, -0.15) is 0 Å². The van der Waals surface area contributed by atoms with Gasteiger partial charge in [-0.25, -0.2) is 4.98 Å². The van der Waals surface area contributed by atoms with E-state index in [-0.39, 0.29) is 5.56 Å². The molecule has 0 aliphatic carbocycles. The van der Waals surface area contributed by atoms with E-state index in [1.54, 1.807) is 22.9 Å². The lowest BCUT2D eigenvalue weighted by atomic mass is 10.2.